The van der Waals surface area contributed by atoms with Crippen molar-refractivity contribution in [1.29, 1.82) is 0 Å². The number of benzene rings is 8. The Hall–Kier alpha value is -6.58. The van der Waals surface area contributed by atoms with E-state index in [9.17, 15) is 0 Å². The Kier molecular flexibility index (Phi) is 6.18. The maximum atomic E-state index is 6.55. The molecule has 0 unspecified atom stereocenters. The lowest BCUT2D eigenvalue weighted by atomic mass is 9.96. The van der Waals surface area contributed by atoms with Gasteiger partial charge in [0.2, 0.25) is 0 Å². The zero-order valence-electron chi connectivity index (χ0n) is 26.5. The van der Waals surface area contributed by atoms with E-state index in [1.165, 1.54) is 27.5 Å². The summed E-state index contributed by atoms with van der Waals surface area (Å²) in [5.74, 6) is 0. The maximum Gasteiger partial charge on any atom is 0.159 e. The van der Waals surface area contributed by atoms with Gasteiger partial charge in [-0.2, -0.15) is 0 Å². The van der Waals surface area contributed by atoms with Crippen molar-refractivity contribution in [3.05, 3.63) is 176 Å². The fraction of sp³-hybridized carbons (Fsp3) is 0. The molecule has 2 aromatic heterocycles. The summed E-state index contributed by atoms with van der Waals surface area (Å²) >= 11 is 0. The largest absolute Gasteiger partial charge is 0.456 e. The predicted octanol–water partition coefficient (Wildman–Crippen LogP) is 13.4. The van der Waals surface area contributed by atoms with Gasteiger partial charge in [0.15, 0.2) is 5.58 Å². The molecule has 0 aliphatic carbocycles. The van der Waals surface area contributed by atoms with Crippen LogP contribution in [0.4, 0.5) is 17.1 Å². The van der Waals surface area contributed by atoms with Crippen LogP contribution in [0.25, 0.3) is 76.9 Å². The van der Waals surface area contributed by atoms with Crippen molar-refractivity contribution >= 4 is 71.7 Å². The lowest BCUT2D eigenvalue weighted by molar-refractivity contribution is 0.669. The summed E-state index contributed by atoms with van der Waals surface area (Å²) in [4.78, 5) is 2.30. The normalized spacial score (nSPS) is 11.7. The van der Waals surface area contributed by atoms with Crippen LogP contribution in [0.5, 0.6) is 0 Å². The first kappa shape index (κ1) is 27.5. The Morgan fingerprint density at radius 3 is 1.69 bits per heavy atom. The molecule has 3 heteroatoms. The number of hydrogen-bond donors (Lipinski definition) is 0. The number of furan rings is 2. The number of fused-ring (bicyclic) bond motifs is 7. The van der Waals surface area contributed by atoms with Gasteiger partial charge in [-0.25, -0.2) is 0 Å². The molecule has 0 spiro atoms. The lowest BCUT2D eigenvalue weighted by Gasteiger charge is -2.26. The van der Waals surface area contributed by atoms with E-state index in [1.54, 1.807) is 0 Å². The number of nitrogens with zero attached hydrogens (tertiary/aromatic N) is 1. The highest BCUT2D eigenvalue weighted by molar-refractivity contribution is 6.13. The van der Waals surface area contributed by atoms with Crippen LogP contribution < -0.4 is 4.90 Å². The SMILES string of the molecule is c1ccc(-c2ccc(N(c3ccc(-c4cccc5cc6c(cc45)oc4ccccc46)cc3)c3cccc4c3oc3ccccc34)cc2)cc1. The van der Waals surface area contributed by atoms with Crippen LogP contribution in [-0.2, 0) is 0 Å². The number of para-hydroxylation sites is 3. The molecular formula is C46H29NO2. The second kappa shape index (κ2) is 11.0. The van der Waals surface area contributed by atoms with Gasteiger partial charge < -0.3 is 13.7 Å². The first-order valence-electron chi connectivity index (χ1n) is 16.6. The van der Waals surface area contributed by atoms with Crippen molar-refractivity contribution in [2.24, 2.45) is 0 Å². The summed E-state index contributed by atoms with van der Waals surface area (Å²) in [7, 11) is 0. The fourth-order valence-corrected chi connectivity index (χ4v) is 7.31. The molecule has 230 valence electrons. The molecule has 0 amide bonds. The summed E-state index contributed by atoms with van der Waals surface area (Å²) in [6, 6.07) is 62.0. The van der Waals surface area contributed by atoms with Gasteiger partial charge in [0, 0.05) is 32.9 Å². The highest BCUT2D eigenvalue weighted by Gasteiger charge is 2.20. The van der Waals surface area contributed by atoms with E-state index in [0.717, 1.165) is 66.5 Å². The molecular weight excluding hydrogens is 599 g/mol. The quantitative estimate of drug-likeness (QED) is 0.190. The average Bonchev–Trinajstić information content (AvgIpc) is 3.73. The Bertz CT molecular complexity index is 2810. The predicted molar refractivity (Wildman–Crippen MR) is 204 cm³/mol. The zero-order chi connectivity index (χ0) is 32.3. The Morgan fingerprint density at radius 2 is 0.939 bits per heavy atom. The topological polar surface area (TPSA) is 29.5 Å². The van der Waals surface area contributed by atoms with Gasteiger partial charge in [-0.3, -0.25) is 0 Å². The Labute approximate surface area is 282 Å². The molecule has 0 fully saturated rings. The Morgan fingerprint density at radius 1 is 0.347 bits per heavy atom. The molecule has 10 rings (SSSR count). The van der Waals surface area contributed by atoms with E-state index in [0.29, 0.717) is 0 Å². The molecule has 0 saturated carbocycles. The van der Waals surface area contributed by atoms with Crippen molar-refractivity contribution in [3.8, 4) is 22.3 Å². The van der Waals surface area contributed by atoms with Gasteiger partial charge >= 0.3 is 0 Å². The molecule has 49 heavy (non-hydrogen) atoms. The van der Waals surface area contributed by atoms with Gasteiger partial charge in [-0.05, 0) is 87.6 Å². The summed E-state index contributed by atoms with van der Waals surface area (Å²) in [6.07, 6.45) is 0. The van der Waals surface area contributed by atoms with E-state index in [1.807, 2.05) is 24.3 Å². The van der Waals surface area contributed by atoms with Gasteiger partial charge in [-0.15, -0.1) is 0 Å². The third-order valence-corrected chi connectivity index (χ3v) is 9.67. The molecule has 0 atom stereocenters. The number of rotatable bonds is 5. The number of hydrogen-bond acceptors (Lipinski definition) is 3. The molecule has 3 nitrogen and oxygen atoms in total. The first-order chi connectivity index (χ1) is 24.3. The van der Waals surface area contributed by atoms with Crippen LogP contribution in [0.3, 0.4) is 0 Å². The van der Waals surface area contributed by atoms with Crippen molar-refractivity contribution in [3.63, 3.8) is 0 Å². The van der Waals surface area contributed by atoms with E-state index >= 15 is 0 Å². The highest BCUT2D eigenvalue weighted by Crippen LogP contribution is 2.43. The van der Waals surface area contributed by atoms with Crippen LogP contribution >= 0.6 is 0 Å². The molecule has 0 aliphatic rings. The van der Waals surface area contributed by atoms with Crippen LogP contribution in [0.15, 0.2) is 185 Å². The molecule has 8 aromatic carbocycles. The molecule has 0 N–H and O–H groups in total. The molecule has 0 bridgehead atoms. The van der Waals surface area contributed by atoms with Crippen LogP contribution in [0, 0.1) is 0 Å². The fourth-order valence-electron chi connectivity index (χ4n) is 7.31. The highest BCUT2D eigenvalue weighted by atomic mass is 16.3. The third-order valence-electron chi connectivity index (χ3n) is 9.67. The van der Waals surface area contributed by atoms with E-state index in [-0.39, 0.29) is 0 Å². The molecule has 0 aliphatic heterocycles. The van der Waals surface area contributed by atoms with Gasteiger partial charge in [0.05, 0.1) is 5.69 Å². The van der Waals surface area contributed by atoms with Crippen LogP contribution in [0.2, 0.25) is 0 Å². The van der Waals surface area contributed by atoms with Gasteiger partial charge in [0.1, 0.15) is 16.7 Å². The summed E-state index contributed by atoms with van der Waals surface area (Å²) in [5.41, 5.74) is 11.3. The standard InChI is InChI=1S/C46H29NO2/c1-2-10-30(11-3-1)31-20-24-34(25-21-31)47(42-17-9-16-39-37-13-4-7-19-44(37)49-46(39)42)35-26-22-32(23-27-35)36-15-8-12-33-28-41-38-14-5-6-18-43(38)48-45(41)29-40(33)36/h1-29H. The van der Waals surface area contributed by atoms with Gasteiger partial charge in [0.25, 0.3) is 0 Å². The minimum atomic E-state index is 0.865. The molecule has 0 radical (unpaired) electrons. The molecule has 10 aromatic rings. The third kappa shape index (κ3) is 4.51. The lowest BCUT2D eigenvalue weighted by Crippen LogP contribution is -2.10. The van der Waals surface area contributed by atoms with E-state index in [2.05, 4.69) is 157 Å². The number of anilines is 3. The summed E-state index contributed by atoms with van der Waals surface area (Å²) in [6.45, 7) is 0. The first-order valence-corrected chi connectivity index (χ1v) is 16.6. The van der Waals surface area contributed by atoms with Crippen molar-refractivity contribution in [1.82, 2.24) is 0 Å². The minimum absolute atomic E-state index is 0.865. The monoisotopic (exact) mass is 627 g/mol. The Balaban J connectivity index is 1.11. The minimum Gasteiger partial charge on any atom is -0.456 e. The summed E-state index contributed by atoms with van der Waals surface area (Å²) in [5, 5.41) is 6.86. The average molecular weight is 628 g/mol. The zero-order valence-corrected chi connectivity index (χ0v) is 26.5. The van der Waals surface area contributed by atoms with Gasteiger partial charge in [-0.1, -0.05) is 121 Å². The molecule has 2 heterocycles. The van der Waals surface area contributed by atoms with Crippen LogP contribution in [-0.4, -0.2) is 0 Å². The van der Waals surface area contributed by atoms with Crippen LogP contribution in [0.1, 0.15) is 0 Å². The maximum absolute atomic E-state index is 6.55. The second-order valence-corrected chi connectivity index (χ2v) is 12.5. The van der Waals surface area contributed by atoms with Crippen molar-refractivity contribution in [2.75, 3.05) is 4.90 Å². The molecule has 0 saturated heterocycles. The van der Waals surface area contributed by atoms with E-state index in [4.69, 9.17) is 8.83 Å². The second-order valence-electron chi connectivity index (χ2n) is 12.5. The smallest absolute Gasteiger partial charge is 0.159 e. The van der Waals surface area contributed by atoms with E-state index < -0.39 is 0 Å². The van der Waals surface area contributed by atoms with Crippen molar-refractivity contribution in [2.45, 2.75) is 0 Å². The van der Waals surface area contributed by atoms with Crippen molar-refractivity contribution < 1.29 is 8.83 Å². The summed E-state index contributed by atoms with van der Waals surface area (Å²) < 4.78 is 12.8.